The van der Waals surface area contributed by atoms with Crippen LogP contribution in [0.3, 0.4) is 0 Å². The smallest absolute Gasteiger partial charge is 0.416 e. The van der Waals surface area contributed by atoms with Gasteiger partial charge in [0, 0.05) is 5.92 Å². The topological polar surface area (TPSA) is 182 Å². The van der Waals surface area contributed by atoms with Gasteiger partial charge in [0.05, 0.1) is 34.8 Å². The number of alkyl halides is 3. The molecule has 10 nitrogen and oxygen atoms in total. The minimum atomic E-state index is -4.61. The number of ketones is 2. The first-order valence-electron chi connectivity index (χ1n) is 12.6. The third kappa shape index (κ3) is 3.95. The number of benzene rings is 2. The number of primary amides is 1. The molecule has 5 atom stereocenters. The van der Waals surface area contributed by atoms with E-state index in [-0.39, 0.29) is 22.3 Å². The number of halogens is 3. The zero-order valence-corrected chi connectivity index (χ0v) is 22.0. The fourth-order valence-corrected chi connectivity index (χ4v) is 6.26. The number of phenols is 1. The van der Waals surface area contributed by atoms with E-state index in [9.17, 15) is 53.1 Å². The van der Waals surface area contributed by atoms with Crippen molar-refractivity contribution in [2.75, 3.05) is 14.1 Å². The highest BCUT2D eigenvalue weighted by atomic mass is 19.4. The van der Waals surface area contributed by atoms with Gasteiger partial charge in [0.15, 0.2) is 11.4 Å². The molecular weight excluding hydrogens is 561 g/mol. The zero-order valence-electron chi connectivity index (χ0n) is 22.0. The molecule has 0 saturated heterocycles. The molecule has 0 fully saturated rings. The average Bonchev–Trinajstić information content (AvgIpc) is 2.89. The highest BCUT2D eigenvalue weighted by molar-refractivity contribution is 6.25. The predicted octanol–water partition coefficient (Wildman–Crippen LogP) is 2.11. The third-order valence-electron chi connectivity index (χ3n) is 8.09. The number of nitrogens with two attached hydrogens (primary N) is 1. The number of aromatic hydroxyl groups is 1. The van der Waals surface area contributed by atoms with Crippen LogP contribution >= 0.6 is 0 Å². The van der Waals surface area contributed by atoms with Crippen LogP contribution < -0.4 is 5.73 Å². The van der Waals surface area contributed by atoms with Crippen LogP contribution in [0.15, 0.2) is 65.1 Å². The van der Waals surface area contributed by atoms with Gasteiger partial charge in [-0.15, -0.1) is 0 Å². The van der Waals surface area contributed by atoms with Crippen molar-refractivity contribution in [1.29, 1.82) is 0 Å². The van der Waals surface area contributed by atoms with E-state index in [2.05, 4.69) is 0 Å². The van der Waals surface area contributed by atoms with Gasteiger partial charge in [0.25, 0.3) is 5.91 Å². The molecule has 5 unspecified atom stereocenters. The zero-order chi connectivity index (χ0) is 31.0. The molecule has 0 bridgehead atoms. The van der Waals surface area contributed by atoms with Crippen molar-refractivity contribution in [3.63, 3.8) is 0 Å². The fraction of sp³-hybridized carbons (Fsp3) is 0.276. The van der Waals surface area contributed by atoms with Crippen LogP contribution in [0.4, 0.5) is 13.2 Å². The first kappa shape index (κ1) is 29.0. The van der Waals surface area contributed by atoms with Crippen molar-refractivity contribution in [2.24, 2.45) is 17.6 Å². The number of aliphatic hydroxyl groups is 4. The second-order valence-corrected chi connectivity index (χ2v) is 10.6. The Morgan fingerprint density at radius 2 is 1.67 bits per heavy atom. The Hall–Kier alpha value is -4.46. The van der Waals surface area contributed by atoms with Crippen LogP contribution in [-0.2, 0) is 15.8 Å². The maximum absolute atomic E-state index is 13.8. The Kier molecular flexibility index (Phi) is 6.60. The Bertz CT molecular complexity index is 1640. The van der Waals surface area contributed by atoms with Gasteiger partial charge >= 0.3 is 6.18 Å². The second kappa shape index (κ2) is 9.54. The first-order chi connectivity index (χ1) is 19.5. The van der Waals surface area contributed by atoms with Gasteiger partial charge in [-0.05, 0) is 49.0 Å². The van der Waals surface area contributed by atoms with Gasteiger partial charge in [-0.1, -0.05) is 30.3 Å². The molecule has 1 amide bonds. The van der Waals surface area contributed by atoms with Crippen molar-refractivity contribution in [3.8, 4) is 5.75 Å². The van der Waals surface area contributed by atoms with Gasteiger partial charge in [-0.25, -0.2) is 0 Å². The summed E-state index contributed by atoms with van der Waals surface area (Å²) >= 11 is 0. The van der Waals surface area contributed by atoms with Gasteiger partial charge in [-0.2, -0.15) is 13.2 Å². The van der Waals surface area contributed by atoms with Crippen molar-refractivity contribution >= 4 is 29.1 Å². The minimum absolute atomic E-state index is 0.0606. The van der Waals surface area contributed by atoms with E-state index in [1.165, 1.54) is 43.3 Å². The molecule has 3 aliphatic rings. The summed E-state index contributed by atoms with van der Waals surface area (Å²) in [6.45, 7) is 0. The van der Waals surface area contributed by atoms with Crippen molar-refractivity contribution in [3.05, 3.63) is 87.4 Å². The molecule has 2 aromatic carbocycles. The van der Waals surface area contributed by atoms with Gasteiger partial charge in [0.1, 0.15) is 22.8 Å². The maximum Gasteiger partial charge on any atom is 0.416 e. The summed E-state index contributed by atoms with van der Waals surface area (Å²) in [4.78, 5) is 40.7. The third-order valence-corrected chi connectivity index (χ3v) is 8.09. The molecule has 42 heavy (non-hydrogen) atoms. The summed E-state index contributed by atoms with van der Waals surface area (Å²) in [5.74, 6) is -9.91. The molecule has 0 radical (unpaired) electrons. The molecule has 0 saturated carbocycles. The SMILES string of the molecule is CN(C)C1C(O)=C(C(N)=O)C(=O)C2(O)C(O)=C3C(=O)c4c(O)cccc4/C(=C\c4ccc(C(F)(F)F)cc4)C3C(O)C12. The minimum Gasteiger partial charge on any atom is -0.510 e. The highest BCUT2D eigenvalue weighted by Crippen LogP contribution is 2.55. The summed E-state index contributed by atoms with van der Waals surface area (Å²) in [5.41, 5.74) is -0.455. The van der Waals surface area contributed by atoms with E-state index in [4.69, 9.17) is 5.73 Å². The van der Waals surface area contributed by atoms with E-state index < -0.39 is 87.2 Å². The molecule has 13 heteroatoms. The summed E-state index contributed by atoms with van der Waals surface area (Å²) in [6, 6.07) is 6.44. The summed E-state index contributed by atoms with van der Waals surface area (Å²) < 4.78 is 39.5. The Morgan fingerprint density at radius 1 is 1.05 bits per heavy atom. The maximum atomic E-state index is 13.8. The highest BCUT2D eigenvalue weighted by Gasteiger charge is 2.67. The number of carbonyl (C=O) groups excluding carboxylic acids is 3. The molecule has 7 N–H and O–H groups in total. The number of phenolic OH excluding ortho intramolecular Hbond substituents is 1. The standard InChI is InChI=1S/C29H25F3N2O8/c1-34(2)21-20-23(37)17-14(10-11-6-8-12(9-7-11)29(30,31)32)13-4-3-5-15(35)16(13)22(36)18(17)25(39)28(20,42)26(40)19(24(21)38)27(33)41/h3-10,17,20-21,23,35,37-39,42H,1-2H3,(H2,33,41)/b14-10+. The normalized spacial score (nSPS) is 28.6. The number of likely N-dealkylation sites (N-methyl/N-ethyl adjacent to an activating group) is 1. The van der Waals surface area contributed by atoms with Crippen LogP contribution in [0.2, 0.25) is 0 Å². The molecule has 220 valence electrons. The fourth-order valence-electron chi connectivity index (χ4n) is 6.26. The van der Waals surface area contributed by atoms with E-state index in [1.54, 1.807) is 0 Å². The van der Waals surface area contributed by atoms with Crippen LogP contribution in [0.5, 0.6) is 5.75 Å². The van der Waals surface area contributed by atoms with Crippen LogP contribution in [0, 0.1) is 11.8 Å². The lowest BCUT2D eigenvalue weighted by Gasteiger charge is -2.52. The lowest BCUT2D eigenvalue weighted by Crippen LogP contribution is -2.68. The van der Waals surface area contributed by atoms with Crippen LogP contribution in [0.25, 0.3) is 11.6 Å². The lowest BCUT2D eigenvalue weighted by molar-refractivity contribution is -0.159. The van der Waals surface area contributed by atoms with E-state index in [0.717, 1.165) is 24.3 Å². The number of hydrogen-bond acceptors (Lipinski definition) is 9. The molecule has 2 aromatic rings. The quantitative estimate of drug-likeness (QED) is 0.294. The first-order valence-corrected chi connectivity index (χ1v) is 12.6. The summed E-state index contributed by atoms with van der Waals surface area (Å²) in [7, 11) is 2.80. The Labute approximate surface area is 236 Å². The molecule has 0 aliphatic heterocycles. The van der Waals surface area contributed by atoms with Crippen LogP contribution in [-0.4, -0.2) is 79.7 Å². The molecule has 5 rings (SSSR count). The number of carbonyl (C=O) groups is 3. The number of amides is 1. The predicted molar refractivity (Wildman–Crippen MR) is 141 cm³/mol. The Morgan fingerprint density at radius 3 is 2.21 bits per heavy atom. The molecule has 3 aliphatic carbocycles. The number of fused-ring (bicyclic) bond motifs is 3. The van der Waals surface area contributed by atoms with E-state index in [1.807, 2.05) is 0 Å². The number of rotatable bonds is 3. The molecule has 0 spiro atoms. The summed E-state index contributed by atoms with van der Waals surface area (Å²) in [6.07, 6.45) is -5.17. The monoisotopic (exact) mass is 586 g/mol. The largest absolute Gasteiger partial charge is 0.510 e. The van der Waals surface area contributed by atoms with Gasteiger partial charge in [0.2, 0.25) is 5.78 Å². The second-order valence-electron chi connectivity index (χ2n) is 10.6. The molecule has 0 aromatic heterocycles. The van der Waals surface area contributed by atoms with Gasteiger partial charge < -0.3 is 31.3 Å². The van der Waals surface area contributed by atoms with Crippen molar-refractivity contribution in [2.45, 2.75) is 23.9 Å². The lowest BCUT2D eigenvalue weighted by atomic mass is 9.56. The van der Waals surface area contributed by atoms with Crippen molar-refractivity contribution < 1.29 is 53.1 Å². The number of aliphatic hydroxyl groups excluding tert-OH is 3. The average molecular weight is 587 g/mol. The van der Waals surface area contributed by atoms with Gasteiger partial charge in [-0.3, -0.25) is 19.3 Å². The molecular formula is C29H25F3N2O8. The van der Waals surface area contributed by atoms with E-state index in [0.29, 0.717) is 0 Å². The van der Waals surface area contributed by atoms with E-state index >= 15 is 0 Å². The number of Topliss-reactive ketones (excluding diaryl/α,β-unsaturated/α-hetero) is 2. The van der Waals surface area contributed by atoms with Crippen molar-refractivity contribution in [1.82, 2.24) is 4.90 Å². The number of hydrogen-bond donors (Lipinski definition) is 6. The number of nitrogens with zero attached hydrogens (tertiary/aromatic N) is 1. The summed E-state index contributed by atoms with van der Waals surface area (Å²) in [5, 5.41) is 56.6. The van der Waals surface area contributed by atoms with Crippen LogP contribution in [0.1, 0.15) is 27.0 Å². The Balaban J connectivity index is 1.82. The molecule has 0 heterocycles.